The van der Waals surface area contributed by atoms with Crippen LogP contribution in [0.25, 0.3) is 0 Å². The molecule has 0 unspecified atom stereocenters. The van der Waals surface area contributed by atoms with Crippen molar-refractivity contribution in [3.05, 3.63) is 0 Å². The van der Waals surface area contributed by atoms with Gasteiger partial charge in [-0.2, -0.15) is 4.31 Å². The quantitative estimate of drug-likeness (QED) is 0.838. The molecule has 1 aliphatic heterocycles. The van der Waals surface area contributed by atoms with Crippen LogP contribution in [-0.4, -0.2) is 47.9 Å². The molecule has 3 fully saturated rings. The van der Waals surface area contributed by atoms with Crippen molar-refractivity contribution < 1.29 is 23.1 Å². The number of ketones is 1. The molecular weight excluding hydrogens is 306 g/mol. The molecule has 0 aromatic carbocycles. The fourth-order valence-electron chi connectivity index (χ4n) is 4.82. The number of carbonyl (C=O) groups excluding carboxylic acids is 1. The average Bonchev–Trinajstić information content (AvgIpc) is 3.02. The van der Waals surface area contributed by atoms with E-state index in [1.807, 2.05) is 13.8 Å². The Bertz CT molecular complexity index is 626. The summed E-state index contributed by atoms with van der Waals surface area (Å²) in [6.07, 6.45) is 2.86. The number of hydrogen-bond acceptors (Lipinski definition) is 4. The second kappa shape index (κ2) is 4.77. The standard InChI is InChI=1S/C15H23NO5S/c1-14(2)10-5-6-15(14,12(17)8-10)9-22(20,21)16-7-3-4-11(16)13(18)19/h10-11H,3-9H2,1-2H3,(H,18,19)/t10-,11-,15+/m0/s1. The number of carboxylic acid groups (broad SMARTS) is 1. The first kappa shape index (κ1) is 15.9. The van der Waals surface area contributed by atoms with E-state index in [0.29, 0.717) is 25.7 Å². The second-order valence-electron chi connectivity index (χ2n) is 7.53. The Hall–Kier alpha value is -0.950. The van der Waals surface area contributed by atoms with E-state index in [1.54, 1.807) is 0 Å². The van der Waals surface area contributed by atoms with Gasteiger partial charge in [0.1, 0.15) is 11.8 Å². The van der Waals surface area contributed by atoms with Crippen molar-refractivity contribution in [2.75, 3.05) is 12.3 Å². The maximum Gasteiger partial charge on any atom is 0.322 e. The Balaban J connectivity index is 1.92. The Morgan fingerprint density at radius 2 is 2.05 bits per heavy atom. The summed E-state index contributed by atoms with van der Waals surface area (Å²) in [7, 11) is -3.75. The number of carboxylic acids is 1. The van der Waals surface area contributed by atoms with Crippen molar-refractivity contribution in [2.24, 2.45) is 16.7 Å². The fraction of sp³-hybridized carbons (Fsp3) is 0.867. The van der Waals surface area contributed by atoms with Crippen molar-refractivity contribution in [1.29, 1.82) is 0 Å². The van der Waals surface area contributed by atoms with Crippen LogP contribution in [0.15, 0.2) is 0 Å². The molecule has 2 saturated carbocycles. The summed E-state index contributed by atoms with van der Waals surface area (Å²) in [6.45, 7) is 4.22. The van der Waals surface area contributed by atoms with Crippen LogP contribution in [0.1, 0.15) is 46.0 Å². The van der Waals surface area contributed by atoms with Gasteiger partial charge < -0.3 is 5.11 Å². The van der Waals surface area contributed by atoms with E-state index in [1.165, 1.54) is 0 Å². The van der Waals surface area contributed by atoms with Crippen LogP contribution in [0.4, 0.5) is 0 Å². The van der Waals surface area contributed by atoms with Crippen molar-refractivity contribution in [3.63, 3.8) is 0 Å². The second-order valence-corrected chi connectivity index (χ2v) is 9.45. The molecule has 1 heterocycles. The van der Waals surface area contributed by atoms with E-state index in [4.69, 9.17) is 0 Å². The van der Waals surface area contributed by atoms with Crippen molar-refractivity contribution in [2.45, 2.75) is 52.0 Å². The maximum atomic E-state index is 12.8. The third-order valence-corrected chi connectivity index (χ3v) is 8.42. The first-order valence-corrected chi connectivity index (χ1v) is 9.48. The van der Waals surface area contributed by atoms with Crippen molar-refractivity contribution >= 4 is 21.8 Å². The van der Waals surface area contributed by atoms with Gasteiger partial charge in [-0.1, -0.05) is 13.8 Å². The first-order chi connectivity index (χ1) is 10.1. The summed E-state index contributed by atoms with van der Waals surface area (Å²) >= 11 is 0. The lowest BCUT2D eigenvalue weighted by Crippen LogP contribution is -2.49. The fourth-order valence-corrected chi connectivity index (χ4v) is 7.28. The maximum absolute atomic E-state index is 12.8. The highest BCUT2D eigenvalue weighted by atomic mass is 32.2. The molecule has 3 aliphatic rings. The number of nitrogens with zero attached hydrogens (tertiary/aromatic N) is 1. The van der Waals surface area contributed by atoms with Gasteiger partial charge in [-0.15, -0.1) is 0 Å². The van der Waals surface area contributed by atoms with E-state index in [2.05, 4.69) is 0 Å². The predicted octanol–water partition coefficient (Wildman–Crippen LogP) is 1.26. The monoisotopic (exact) mass is 329 g/mol. The summed E-state index contributed by atoms with van der Waals surface area (Å²) in [5, 5.41) is 9.22. The van der Waals surface area contributed by atoms with Crippen LogP contribution in [0.2, 0.25) is 0 Å². The van der Waals surface area contributed by atoms with Gasteiger partial charge in [-0.05, 0) is 37.0 Å². The highest BCUT2D eigenvalue weighted by Crippen LogP contribution is 2.64. The van der Waals surface area contributed by atoms with Gasteiger partial charge in [0.25, 0.3) is 0 Å². The smallest absolute Gasteiger partial charge is 0.322 e. The van der Waals surface area contributed by atoms with E-state index in [0.717, 1.165) is 10.7 Å². The number of fused-ring (bicyclic) bond motifs is 2. The highest BCUT2D eigenvalue weighted by Gasteiger charge is 2.65. The molecule has 124 valence electrons. The van der Waals surface area contributed by atoms with Crippen LogP contribution in [0, 0.1) is 16.7 Å². The molecule has 2 aliphatic carbocycles. The summed E-state index contributed by atoms with van der Waals surface area (Å²) in [5.74, 6) is -1.03. The number of rotatable bonds is 4. The topological polar surface area (TPSA) is 91.8 Å². The zero-order chi connectivity index (χ0) is 16.3. The molecule has 1 saturated heterocycles. The SMILES string of the molecule is CC1(C)[C@H]2CC[C@@]1(CS(=O)(=O)N1CCC[C@H]1C(=O)O)C(=O)C2. The van der Waals surface area contributed by atoms with Gasteiger partial charge in [-0.25, -0.2) is 8.42 Å². The first-order valence-electron chi connectivity index (χ1n) is 7.87. The third kappa shape index (κ3) is 1.98. The third-order valence-electron chi connectivity index (χ3n) is 6.41. The summed E-state index contributed by atoms with van der Waals surface area (Å²) in [5.41, 5.74) is -1.16. The van der Waals surface area contributed by atoms with Gasteiger partial charge >= 0.3 is 5.97 Å². The number of aliphatic carboxylic acids is 1. The largest absolute Gasteiger partial charge is 0.480 e. The minimum Gasteiger partial charge on any atom is -0.480 e. The van der Waals surface area contributed by atoms with Crippen molar-refractivity contribution in [1.82, 2.24) is 4.31 Å². The number of carbonyl (C=O) groups is 2. The van der Waals surface area contributed by atoms with Crippen LogP contribution in [0.3, 0.4) is 0 Å². The summed E-state index contributed by atoms with van der Waals surface area (Å²) in [6, 6.07) is -0.974. The van der Waals surface area contributed by atoms with Crippen molar-refractivity contribution in [3.8, 4) is 0 Å². The van der Waals surface area contributed by atoms with Gasteiger partial charge in [0.05, 0.1) is 5.75 Å². The molecular formula is C15H23NO5S. The van der Waals surface area contributed by atoms with Gasteiger partial charge in [0.2, 0.25) is 10.0 Å². The number of Topliss-reactive ketones (excluding diaryl/α,β-unsaturated/α-hetero) is 1. The molecule has 0 amide bonds. The minimum atomic E-state index is -3.75. The van der Waals surface area contributed by atoms with Crippen LogP contribution >= 0.6 is 0 Å². The molecule has 7 heteroatoms. The minimum absolute atomic E-state index is 0.0448. The van der Waals surface area contributed by atoms with Gasteiger partial charge in [0, 0.05) is 18.4 Å². The van der Waals surface area contributed by atoms with E-state index < -0.39 is 27.4 Å². The van der Waals surface area contributed by atoms with Crippen LogP contribution < -0.4 is 0 Å². The average molecular weight is 329 g/mol. The van der Waals surface area contributed by atoms with E-state index >= 15 is 0 Å². The number of sulfonamides is 1. The van der Waals surface area contributed by atoms with E-state index in [-0.39, 0.29) is 29.4 Å². The molecule has 2 bridgehead atoms. The Labute approximate surface area is 130 Å². The normalized spacial score (nSPS) is 37.8. The molecule has 22 heavy (non-hydrogen) atoms. The molecule has 1 N–H and O–H groups in total. The van der Waals surface area contributed by atoms with Crippen LogP contribution in [-0.2, 0) is 19.6 Å². The molecule has 6 nitrogen and oxygen atoms in total. The van der Waals surface area contributed by atoms with E-state index in [9.17, 15) is 23.1 Å². The molecule has 3 rings (SSSR count). The van der Waals surface area contributed by atoms with Crippen LogP contribution in [0.5, 0.6) is 0 Å². The van der Waals surface area contributed by atoms with Gasteiger partial charge in [0.15, 0.2) is 0 Å². The Morgan fingerprint density at radius 3 is 2.55 bits per heavy atom. The lowest BCUT2D eigenvalue weighted by atomic mass is 9.70. The molecule has 3 atom stereocenters. The molecule has 0 aromatic heterocycles. The predicted molar refractivity (Wildman–Crippen MR) is 79.7 cm³/mol. The molecule has 0 spiro atoms. The highest BCUT2D eigenvalue weighted by molar-refractivity contribution is 7.89. The zero-order valence-corrected chi connectivity index (χ0v) is 13.9. The molecule has 0 radical (unpaired) electrons. The Morgan fingerprint density at radius 1 is 1.36 bits per heavy atom. The zero-order valence-electron chi connectivity index (χ0n) is 13.0. The lowest BCUT2D eigenvalue weighted by Gasteiger charge is -2.37. The summed E-state index contributed by atoms with van der Waals surface area (Å²) < 4.78 is 26.8. The summed E-state index contributed by atoms with van der Waals surface area (Å²) in [4.78, 5) is 23.8. The van der Waals surface area contributed by atoms with Gasteiger partial charge in [-0.3, -0.25) is 9.59 Å². The lowest BCUT2D eigenvalue weighted by molar-refractivity contribution is -0.140. The molecule has 0 aromatic rings. The Kier molecular flexibility index (Phi) is 3.45. The number of hydrogen-bond donors (Lipinski definition) is 1.